The minimum Gasteiger partial charge on any atom is -0.392 e. The molecule has 0 aliphatic heterocycles. The smallest absolute Gasteiger partial charge is 0.0657 e. The number of hydrogen-bond donors (Lipinski definition) is 2. The summed E-state index contributed by atoms with van der Waals surface area (Å²) in [6.07, 6.45) is 4.61. The predicted octanol–water partition coefficient (Wildman–Crippen LogP) is 1.94. The van der Waals surface area contributed by atoms with Gasteiger partial charge in [-0.15, -0.1) is 0 Å². The van der Waals surface area contributed by atoms with Gasteiger partial charge in [0.2, 0.25) is 0 Å². The van der Waals surface area contributed by atoms with Crippen LogP contribution in [0.25, 0.3) is 0 Å². The molecule has 2 unspecified atom stereocenters. The molecule has 2 rings (SSSR count). The molecular weight excluding hydrogens is 230 g/mol. The largest absolute Gasteiger partial charge is 0.392 e. The van der Waals surface area contributed by atoms with E-state index in [1.807, 2.05) is 0 Å². The first-order chi connectivity index (χ1) is 8.24. The van der Waals surface area contributed by atoms with Crippen molar-refractivity contribution >= 4 is 11.8 Å². The molecule has 3 N–H and O–H groups in total. The minimum absolute atomic E-state index is 0.202. The van der Waals surface area contributed by atoms with E-state index in [4.69, 9.17) is 5.73 Å². The van der Waals surface area contributed by atoms with Crippen LogP contribution in [-0.2, 0) is 11.8 Å². The normalized spacial score (nSPS) is 24.6. The molecule has 1 aromatic rings. The van der Waals surface area contributed by atoms with Crippen LogP contribution >= 0.6 is 11.8 Å². The Morgan fingerprint density at radius 3 is 2.94 bits per heavy atom. The monoisotopic (exact) mass is 251 g/mol. The number of aliphatic hydroxyl groups excluding tert-OH is 1. The number of fused-ring (bicyclic) bond motifs is 1. The number of nitrogens with two attached hydrogens (primary N) is 1. The molecule has 0 aromatic heterocycles. The van der Waals surface area contributed by atoms with Crippen LogP contribution in [0.3, 0.4) is 0 Å². The van der Waals surface area contributed by atoms with E-state index in [0.717, 1.165) is 25.0 Å². The molecule has 1 aromatic carbocycles. The van der Waals surface area contributed by atoms with Crippen molar-refractivity contribution < 1.29 is 5.11 Å². The van der Waals surface area contributed by atoms with Crippen molar-refractivity contribution in [2.75, 3.05) is 18.6 Å². The van der Waals surface area contributed by atoms with Gasteiger partial charge in [0.1, 0.15) is 0 Å². The van der Waals surface area contributed by atoms with Gasteiger partial charge < -0.3 is 10.8 Å². The van der Waals surface area contributed by atoms with E-state index < -0.39 is 0 Å². The van der Waals surface area contributed by atoms with E-state index in [1.165, 1.54) is 11.1 Å². The molecule has 1 aliphatic carbocycles. The fraction of sp³-hybridized carbons (Fsp3) is 0.571. The quantitative estimate of drug-likeness (QED) is 0.841. The summed E-state index contributed by atoms with van der Waals surface area (Å²) >= 11 is 1.78. The fourth-order valence-corrected chi connectivity index (χ4v) is 3.38. The summed E-state index contributed by atoms with van der Waals surface area (Å²) in [6.45, 7) is 0.541. The van der Waals surface area contributed by atoms with E-state index in [9.17, 15) is 5.11 Å². The number of thioether (sulfide) groups is 1. The SMILES string of the molecule is CSCCC(O)C1(CN)CCc2ccccc21. The molecule has 1 aliphatic rings. The lowest BCUT2D eigenvalue weighted by Crippen LogP contribution is -2.44. The summed E-state index contributed by atoms with van der Waals surface area (Å²) in [5, 5.41) is 10.5. The maximum absolute atomic E-state index is 10.5. The Morgan fingerprint density at radius 1 is 1.47 bits per heavy atom. The first-order valence-electron chi connectivity index (χ1n) is 6.20. The van der Waals surface area contributed by atoms with Crippen LogP contribution in [0.4, 0.5) is 0 Å². The van der Waals surface area contributed by atoms with Gasteiger partial charge in [-0.3, -0.25) is 0 Å². The van der Waals surface area contributed by atoms with E-state index in [1.54, 1.807) is 11.8 Å². The number of hydrogen-bond acceptors (Lipinski definition) is 3. The number of rotatable bonds is 5. The Kier molecular flexibility index (Phi) is 4.13. The fourth-order valence-electron chi connectivity index (χ4n) is 2.92. The van der Waals surface area contributed by atoms with Crippen molar-refractivity contribution in [2.24, 2.45) is 5.73 Å². The Hall–Kier alpha value is -0.510. The lowest BCUT2D eigenvalue weighted by Gasteiger charge is -2.34. The molecule has 0 fully saturated rings. The van der Waals surface area contributed by atoms with Gasteiger partial charge in [-0.1, -0.05) is 24.3 Å². The maximum atomic E-state index is 10.5. The van der Waals surface area contributed by atoms with Gasteiger partial charge in [-0.25, -0.2) is 0 Å². The lowest BCUT2D eigenvalue weighted by molar-refractivity contribution is 0.0817. The third-order valence-electron chi connectivity index (χ3n) is 3.99. The topological polar surface area (TPSA) is 46.2 Å². The van der Waals surface area contributed by atoms with Crippen molar-refractivity contribution in [3.8, 4) is 0 Å². The third-order valence-corrected chi connectivity index (χ3v) is 4.64. The van der Waals surface area contributed by atoms with Crippen molar-refractivity contribution in [2.45, 2.75) is 30.8 Å². The summed E-state index contributed by atoms with van der Waals surface area (Å²) in [6, 6.07) is 8.42. The zero-order valence-corrected chi connectivity index (χ0v) is 11.2. The maximum Gasteiger partial charge on any atom is 0.0657 e. The second-order valence-electron chi connectivity index (χ2n) is 4.81. The highest BCUT2D eigenvalue weighted by atomic mass is 32.2. The average Bonchev–Trinajstić information content (AvgIpc) is 2.76. The van der Waals surface area contributed by atoms with Crippen LogP contribution in [0.2, 0.25) is 0 Å². The van der Waals surface area contributed by atoms with Crippen LogP contribution < -0.4 is 5.73 Å². The highest BCUT2D eigenvalue weighted by Gasteiger charge is 2.42. The zero-order valence-electron chi connectivity index (χ0n) is 10.4. The molecule has 2 atom stereocenters. The molecule has 3 heteroatoms. The van der Waals surface area contributed by atoms with E-state index >= 15 is 0 Å². The van der Waals surface area contributed by atoms with Gasteiger partial charge in [0.15, 0.2) is 0 Å². The van der Waals surface area contributed by atoms with Crippen molar-refractivity contribution in [3.63, 3.8) is 0 Å². The Bertz CT molecular complexity index is 382. The van der Waals surface area contributed by atoms with Crippen molar-refractivity contribution in [1.29, 1.82) is 0 Å². The minimum atomic E-state index is -0.316. The highest BCUT2D eigenvalue weighted by molar-refractivity contribution is 7.98. The number of aryl methyl sites for hydroxylation is 1. The molecular formula is C14H21NOS. The molecule has 0 saturated heterocycles. The zero-order chi connectivity index (χ0) is 12.3. The molecule has 94 valence electrons. The van der Waals surface area contributed by atoms with Crippen LogP contribution in [-0.4, -0.2) is 29.8 Å². The summed E-state index contributed by atoms with van der Waals surface area (Å²) in [7, 11) is 0. The summed E-state index contributed by atoms with van der Waals surface area (Å²) in [4.78, 5) is 0. The molecule has 0 saturated carbocycles. The van der Waals surface area contributed by atoms with E-state index in [-0.39, 0.29) is 11.5 Å². The number of benzene rings is 1. The Labute approximate surface area is 108 Å². The van der Waals surface area contributed by atoms with E-state index in [2.05, 4.69) is 30.5 Å². The van der Waals surface area contributed by atoms with Crippen LogP contribution in [0.15, 0.2) is 24.3 Å². The Morgan fingerprint density at radius 2 is 2.24 bits per heavy atom. The van der Waals surface area contributed by atoms with Crippen molar-refractivity contribution in [3.05, 3.63) is 35.4 Å². The van der Waals surface area contributed by atoms with Gasteiger partial charge in [-0.2, -0.15) is 11.8 Å². The molecule has 0 amide bonds. The second-order valence-corrected chi connectivity index (χ2v) is 5.80. The highest BCUT2D eigenvalue weighted by Crippen LogP contribution is 2.41. The van der Waals surface area contributed by atoms with Crippen LogP contribution in [0.5, 0.6) is 0 Å². The van der Waals surface area contributed by atoms with Crippen LogP contribution in [0, 0.1) is 0 Å². The summed E-state index contributed by atoms with van der Waals surface area (Å²) < 4.78 is 0. The molecule has 2 nitrogen and oxygen atoms in total. The van der Waals surface area contributed by atoms with Gasteiger partial charge in [0, 0.05) is 12.0 Å². The lowest BCUT2D eigenvalue weighted by atomic mass is 9.76. The van der Waals surface area contributed by atoms with Crippen LogP contribution in [0.1, 0.15) is 24.0 Å². The first kappa shape index (κ1) is 12.9. The standard InChI is InChI=1S/C14H21NOS/c1-17-9-7-13(16)14(10-15)8-6-11-4-2-3-5-12(11)14/h2-5,13,16H,6-10,15H2,1H3. The molecule has 17 heavy (non-hydrogen) atoms. The summed E-state index contributed by atoms with van der Waals surface area (Å²) in [5.41, 5.74) is 8.42. The van der Waals surface area contributed by atoms with Crippen molar-refractivity contribution in [1.82, 2.24) is 0 Å². The van der Waals surface area contributed by atoms with Gasteiger partial charge in [0.25, 0.3) is 0 Å². The predicted molar refractivity (Wildman–Crippen MR) is 74.5 cm³/mol. The Balaban J connectivity index is 2.27. The van der Waals surface area contributed by atoms with Gasteiger partial charge >= 0.3 is 0 Å². The molecule has 0 heterocycles. The van der Waals surface area contributed by atoms with Gasteiger partial charge in [-0.05, 0) is 42.4 Å². The molecule has 0 spiro atoms. The van der Waals surface area contributed by atoms with Gasteiger partial charge in [0.05, 0.1) is 6.10 Å². The molecule has 0 radical (unpaired) electrons. The first-order valence-corrected chi connectivity index (χ1v) is 7.59. The second kappa shape index (κ2) is 5.42. The molecule has 0 bridgehead atoms. The van der Waals surface area contributed by atoms with E-state index in [0.29, 0.717) is 6.54 Å². The third kappa shape index (κ3) is 2.24. The summed E-state index contributed by atoms with van der Waals surface area (Å²) in [5.74, 6) is 0.991. The average molecular weight is 251 g/mol. The number of aliphatic hydroxyl groups is 1.